The fourth-order valence-corrected chi connectivity index (χ4v) is 6.21. The van der Waals surface area contributed by atoms with E-state index in [9.17, 15) is 14.4 Å². The molecule has 9 heteroatoms. The molecular weight excluding hydrogens is 503 g/mol. The molecule has 2 fully saturated rings. The second-order valence-corrected chi connectivity index (χ2v) is 11.0. The third-order valence-corrected chi connectivity index (χ3v) is 9.10. The normalized spacial score (nSPS) is 25.3. The molecule has 5 rings (SSSR count). The van der Waals surface area contributed by atoms with E-state index in [0.717, 1.165) is 0 Å². The van der Waals surface area contributed by atoms with Gasteiger partial charge in [0.25, 0.3) is 0 Å². The van der Waals surface area contributed by atoms with Crippen LogP contribution in [0.3, 0.4) is 0 Å². The van der Waals surface area contributed by atoms with E-state index in [0.29, 0.717) is 51.7 Å². The fraction of sp³-hybridized carbons (Fsp3) is 0.333. The molecule has 2 saturated carbocycles. The summed E-state index contributed by atoms with van der Waals surface area (Å²) in [4.78, 5) is 44.0. The average Bonchev–Trinajstić information content (AvgIpc) is 3.15. The van der Waals surface area contributed by atoms with Crippen LogP contribution in [-0.4, -0.2) is 17.6 Å². The van der Waals surface area contributed by atoms with Crippen molar-refractivity contribution in [3.05, 3.63) is 74.6 Å². The maximum atomic E-state index is 13.7. The summed E-state index contributed by atoms with van der Waals surface area (Å²) in [6, 6.07) is 13.3. The van der Waals surface area contributed by atoms with E-state index in [4.69, 9.17) is 32.5 Å². The van der Waals surface area contributed by atoms with Crippen molar-refractivity contribution >= 4 is 57.4 Å². The Kier molecular flexibility index (Phi) is 5.76. The largest absolute Gasteiger partial charge is 0.422 e. The molecule has 0 spiro atoms. The summed E-state index contributed by atoms with van der Waals surface area (Å²) in [5, 5.41) is 8.41. The van der Waals surface area contributed by atoms with Crippen molar-refractivity contribution in [3.8, 4) is 0 Å². The van der Waals surface area contributed by atoms with Crippen molar-refractivity contribution in [3.63, 3.8) is 0 Å². The number of anilines is 1. The highest BCUT2D eigenvalue weighted by molar-refractivity contribution is 6.39. The molecular formula is C27H24Cl2N2O5. The van der Waals surface area contributed by atoms with Gasteiger partial charge < -0.3 is 14.6 Å². The number of halogens is 2. The number of nitrogens with one attached hydrogen (secondary N) is 1. The number of benzene rings is 2. The van der Waals surface area contributed by atoms with Crippen molar-refractivity contribution in [2.24, 2.45) is 21.4 Å². The van der Waals surface area contributed by atoms with E-state index in [2.05, 4.69) is 10.5 Å². The zero-order chi connectivity index (χ0) is 25.9. The topological polar surface area (TPSA) is 98.0 Å². The molecule has 1 N–H and O–H groups in total. The van der Waals surface area contributed by atoms with Crippen LogP contribution in [0.2, 0.25) is 10.0 Å². The minimum Gasteiger partial charge on any atom is -0.422 e. The SMILES string of the molecule is CC12CCC(C(=O)Nc3c(Cl)cccc3Cl)(CC1=NOC(=O)c1cc3ccccc3oc1=O)C2(C)C. The molecule has 2 aliphatic carbocycles. The van der Waals surface area contributed by atoms with Crippen LogP contribution in [0.15, 0.2) is 62.9 Å². The smallest absolute Gasteiger partial charge is 0.373 e. The Morgan fingerprint density at radius 2 is 1.72 bits per heavy atom. The van der Waals surface area contributed by atoms with Crippen LogP contribution in [0.5, 0.6) is 0 Å². The predicted molar refractivity (Wildman–Crippen MR) is 139 cm³/mol. The number of carbonyl (C=O) groups is 2. The first kappa shape index (κ1) is 24.5. The van der Waals surface area contributed by atoms with E-state index >= 15 is 0 Å². The zero-order valence-electron chi connectivity index (χ0n) is 20.0. The minimum atomic E-state index is -0.910. The summed E-state index contributed by atoms with van der Waals surface area (Å²) in [6.45, 7) is 6.07. The number of para-hydroxylation sites is 2. The lowest BCUT2D eigenvalue weighted by molar-refractivity contribution is -0.130. The van der Waals surface area contributed by atoms with Crippen molar-refractivity contribution in [1.82, 2.24) is 0 Å². The van der Waals surface area contributed by atoms with Gasteiger partial charge in [0.2, 0.25) is 5.91 Å². The number of rotatable bonds is 4. The number of hydrogen-bond donors (Lipinski definition) is 1. The molecule has 0 aliphatic heterocycles. The van der Waals surface area contributed by atoms with Crippen LogP contribution in [0, 0.1) is 16.2 Å². The van der Waals surface area contributed by atoms with Gasteiger partial charge in [-0.2, -0.15) is 0 Å². The Labute approximate surface area is 217 Å². The van der Waals surface area contributed by atoms with Gasteiger partial charge in [-0.1, -0.05) is 73.4 Å². The molecule has 2 aliphatic rings. The number of fused-ring (bicyclic) bond motifs is 3. The second kappa shape index (κ2) is 8.46. The van der Waals surface area contributed by atoms with E-state index in [1.807, 2.05) is 20.8 Å². The molecule has 186 valence electrons. The van der Waals surface area contributed by atoms with Crippen molar-refractivity contribution < 1.29 is 18.8 Å². The van der Waals surface area contributed by atoms with Crippen LogP contribution in [0.25, 0.3) is 11.0 Å². The van der Waals surface area contributed by atoms with Gasteiger partial charge in [-0.25, -0.2) is 9.59 Å². The van der Waals surface area contributed by atoms with Crippen LogP contribution >= 0.6 is 23.2 Å². The molecule has 0 saturated heterocycles. The summed E-state index contributed by atoms with van der Waals surface area (Å²) in [5.74, 6) is -1.12. The Morgan fingerprint density at radius 1 is 1.03 bits per heavy atom. The number of amides is 1. The molecule has 36 heavy (non-hydrogen) atoms. The van der Waals surface area contributed by atoms with Crippen LogP contribution in [0.4, 0.5) is 5.69 Å². The van der Waals surface area contributed by atoms with Crippen molar-refractivity contribution in [2.75, 3.05) is 5.32 Å². The molecule has 0 radical (unpaired) electrons. The number of hydrogen-bond acceptors (Lipinski definition) is 6. The number of nitrogens with zero attached hydrogens (tertiary/aromatic N) is 1. The highest BCUT2D eigenvalue weighted by Crippen LogP contribution is 2.71. The lowest BCUT2D eigenvalue weighted by Crippen LogP contribution is -2.43. The quantitative estimate of drug-likeness (QED) is 0.238. The second-order valence-electron chi connectivity index (χ2n) is 10.2. The van der Waals surface area contributed by atoms with Gasteiger partial charge >= 0.3 is 11.6 Å². The van der Waals surface area contributed by atoms with Crippen LogP contribution in [0.1, 0.15) is 50.4 Å². The molecule has 1 aromatic heterocycles. The van der Waals surface area contributed by atoms with E-state index in [-0.39, 0.29) is 11.5 Å². The molecule has 1 heterocycles. The third-order valence-electron chi connectivity index (χ3n) is 8.47. The van der Waals surface area contributed by atoms with Gasteiger partial charge in [0.05, 0.1) is 26.9 Å². The monoisotopic (exact) mass is 526 g/mol. The molecule has 7 nitrogen and oxygen atoms in total. The van der Waals surface area contributed by atoms with Crippen LogP contribution < -0.4 is 10.9 Å². The summed E-state index contributed by atoms with van der Waals surface area (Å²) in [5.41, 5.74) is -1.52. The lowest BCUT2D eigenvalue weighted by Gasteiger charge is -2.39. The standard InChI is InChI=1S/C27H24Cl2N2O5/c1-25(2)26(3)11-12-27(25,24(34)30-21-17(28)8-6-9-18(21)29)14-20(26)31-36-23(33)16-13-15-7-4-5-10-19(15)35-22(16)32/h4-10,13H,11-12,14H2,1-3H3,(H,30,34). The Balaban J connectivity index is 1.43. The first-order chi connectivity index (χ1) is 17.0. The summed E-state index contributed by atoms with van der Waals surface area (Å²) < 4.78 is 5.23. The third kappa shape index (κ3) is 3.48. The van der Waals surface area contributed by atoms with E-state index in [1.54, 1.807) is 42.5 Å². The highest BCUT2D eigenvalue weighted by atomic mass is 35.5. The maximum Gasteiger partial charge on any atom is 0.373 e. The van der Waals surface area contributed by atoms with Gasteiger partial charge in [-0.05, 0) is 42.5 Å². The number of oxime groups is 1. The Bertz CT molecular complexity index is 1490. The van der Waals surface area contributed by atoms with Gasteiger partial charge in [-0.3, -0.25) is 4.79 Å². The molecule has 2 unspecified atom stereocenters. The summed E-state index contributed by atoms with van der Waals surface area (Å²) >= 11 is 12.6. The first-order valence-corrected chi connectivity index (χ1v) is 12.3. The highest BCUT2D eigenvalue weighted by Gasteiger charge is 2.71. The number of carbonyl (C=O) groups excluding carboxylic acids is 2. The molecule has 2 aromatic carbocycles. The first-order valence-electron chi connectivity index (χ1n) is 11.6. The summed E-state index contributed by atoms with van der Waals surface area (Å²) in [6.07, 6.45) is 1.60. The van der Waals surface area contributed by atoms with Gasteiger partial charge in [0.15, 0.2) is 0 Å². The van der Waals surface area contributed by atoms with E-state index in [1.165, 1.54) is 6.07 Å². The fourth-order valence-electron chi connectivity index (χ4n) is 5.72. The van der Waals surface area contributed by atoms with Gasteiger partial charge in [0.1, 0.15) is 11.1 Å². The minimum absolute atomic E-state index is 0.210. The lowest BCUT2D eigenvalue weighted by atomic mass is 9.64. The maximum absolute atomic E-state index is 13.7. The van der Waals surface area contributed by atoms with E-state index < -0.39 is 27.8 Å². The zero-order valence-corrected chi connectivity index (χ0v) is 21.5. The van der Waals surface area contributed by atoms with Gasteiger partial charge in [-0.15, -0.1) is 0 Å². The predicted octanol–water partition coefficient (Wildman–Crippen LogP) is 6.47. The van der Waals surface area contributed by atoms with Crippen LogP contribution in [-0.2, 0) is 9.63 Å². The summed E-state index contributed by atoms with van der Waals surface area (Å²) in [7, 11) is 0. The van der Waals surface area contributed by atoms with Crippen molar-refractivity contribution in [2.45, 2.75) is 40.0 Å². The van der Waals surface area contributed by atoms with Crippen molar-refractivity contribution in [1.29, 1.82) is 0 Å². The Hall–Kier alpha value is -3.16. The Morgan fingerprint density at radius 3 is 2.44 bits per heavy atom. The molecule has 2 atom stereocenters. The van der Waals surface area contributed by atoms with Gasteiger partial charge in [0, 0.05) is 17.2 Å². The molecule has 1 amide bonds. The molecule has 2 bridgehead atoms. The average molecular weight is 527 g/mol. The molecule has 3 aromatic rings.